The van der Waals surface area contributed by atoms with Gasteiger partial charge in [-0.3, -0.25) is 0 Å². The van der Waals surface area contributed by atoms with Crippen molar-refractivity contribution in [1.29, 1.82) is 0 Å². The Bertz CT molecular complexity index is 689. The molecule has 0 radical (unpaired) electrons. The van der Waals surface area contributed by atoms with E-state index in [4.69, 9.17) is 0 Å². The molecular weight excluding hydrogens is 609 g/mol. The predicted octanol–water partition coefficient (Wildman–Crippen LogP) is 6.88. The van der Waals surface area contributed by atoms with Crippen molar-refractivity contribution in [3.05, 3.63) is 0 Å². The van der Waals surface area contributed by atoms with Crippen molar-refractivity contribution < 1.29 is 48.2 Å². The third-order valence-electron chi connectivity index (χ3n) is 4.91. The average Bonchev–Trinajstić information content (AvgIpc) is 2.65. The van der Waals surface area contributed by atoms with Crippen LogP contribution in [0, 0.1) is 0 Å². The van der Waals surface area contributed by atoms with Crippen LogP contribution in [0.3, 0.4) is 0 Å². The van der Waals surface area contributed by atoms with Crippen LogP contribution >= 0.6 is 0 Å². The Hall–Kier alpha value is 0.199. The molecular formula is C18H34F6O6S2Sn. The quantitative estimate of drug-likeness (QED) is 0.0701. The molecule has 0 heterocycles. The van der Waals surface area contributed by atoms with Gasteiger partial charge in [0.2, 0.25) is 0 Å². The zero-order chi connectivity index (χ0) is 25.8. The molecule has 0 N–H and O–H groups in total. The van der Waals surface area contributed by atoms with Crippen molar-refractivity contribution in [2.75, 3.05) is 0 Å². The molecule has 33 heavy (non-hydrogen) atoms. The van der Waals surface area contributed by atoms with Gasteiger partial charge in [-0.1, -0.05) is 0 Å². The first kappa shape index (κ1) is 33.2. The molecule has 0 unspecified atom stereocenters. The molecule has 0 saturated carbocycles. The van der Waals surface area contributed by atoms with Crippen molar-refractivity contribution >= 4 is 39.4 Å². The van der Waals surface area contributed by atoms with Crippen LogP contribution in [0.15, 0.2) is 0 Å². The fourth-order valence-corrected chi connectivity index (χ4v) is 21.8. The second kappa shape index (κ2) is 14.7. The van der Waals surface area contributed by atoms with Crippen molar-refractivity contribution in [3.63, 3.8) is 0 Å². The van der Waals surface area contributed by atoms with Crippen LogP contribution in [-0.4, -0.2) is 47.1 Å². The van der Waals surface area contributed by atoms with E-state index in [9.17, 15) is 43.2 Å². The van der Waals surface area contributed by atoms with Gasteiger partial charge in [0.15, 0.2) is 0 Å². The topological polar surface area (TPSA) is 86.7 Å². The van der Waals surface area contributed by atoms with Crippen molar-refractivity contribution in [3.8, 4) is 0 Å². The van der Waals surface area contributed by atoms with Crippen molar-refractivity contribution in [1.82, 2.24) is 0 Å². The van der Waals surface area contributed by atoms with Gasteiger partial charge in [-0.15, -0.1) is 0 Å². The summed E-state index contributed by atoms with van der Waals surface area (Å²) in [4.78, 5) is 0. The molecule has 0 aliphatic rings. The summed E-state index contributed by atoms with van der Waals surface area (Å²) in [7, 11) is -12.7. The van der Waals surface area contributed by atoms with E-state index in [-0.39, 0.29) is 12.8 Å². The zero-order valence-electron chi connectivity index (χ0n) is 18.9. The van der Waals surface area contributed by atoms with Crippen molar-refractivity contribution in [2.24, 2.45) is 0 Å². The Kier molecular flexibility index (Phi) is 14.8. The zero-order valence-corrected chi connectivity index (χ0v) is 23.4. The molecule has 15 heteroatoms. The summed E-state index contributed by atoms with van der Waals surface area (Å²) >= 11 is -6.01. The fourth-order valence-electron chi connectivity index (χ4n) is 3.15. The summed E-state index contributed by atoms with van der Waals surface area (Å²) in [5.74, 6) is 0. The maximum atomic E-state index is 13.0. The Balaban J connectivity index is 5.84. The van der Waals surface area contributed by atoms with Crippen LogP contribution in [0.1, 0.15) is 90.9 Å². The molecule has 0 amide bonds. The molecule has 0 rings (SSSR count). The Morgan fingerprint density at radius 2 is 0.818 bits per heavy atom. The van der Waals surface area contributed by atoms with Crippen LogP contribution in [0.25, 0.3) is 0 Å². The Morgan fingerprint density at radius 3 is 1.09 bits per heavy atom. The summed E-state index contributed by atoms with van der Waals surface area (Å²) < 4.78 is 132. The number of alkyl halides is 6. The summed E-state index contributed by atoms with van der Waals surface area (Å²) in [5, 5.41) is 0. The van der Waals surface area contributed by atoms with Crippen LogP contribution in [0.5, 0.6) is 0 Å². The molecule has 0 spiro atoms. The summed E-state index contributed by atoms with van der Waals surface area (Å²) in [6.07, 6.45) is 7.12. The third-order valence-corrected chi connectivity index (χ3v) is 22.4. The Morgan fingerprint density at radius 1 is 0.545 bits per heavy atom. The molecule has 0 atom stereocenters. The van der Waals surface area contributed by atoms with Crippen LogP contribution < -0.4 is 0 Å². The van der Waals surface area contributed by atoms with E-state index < -0.39 is 59.3 Å². The molecule has 0 bridgehead atoms. The molecule has 0 aliphatic heterocycles. The molecule has 0 saturated heterocycles. The number of hydrogen-bond donors (Lipinski definition) is 0. The molecule has 200 valence electrons. The minimum absolute atomic E-state index is 0.0103. The second-order valence-electron chi connectivity index (χ2n) is 7.91. The minimum atomic E-state index is -6.34. The maximum absolute atomic E-state index is 13.0. The summed E-state index contributed by atoms with van der Waals surface area (Å²) in [6, 6.07) is 0. The van der Waals surface area contributed by atoms with E-state index in [1.165, 1.54) is 0 Å². The first-order chi connectivity index (χ1) is 15.0. The van der Waals surface area contributed by atoms with E-state index >= 15 is 0 Å². The molecule has 0 aromatic heterocycles. The van der Waals surface area contributed by atoms with Gasteiger partial charge >= 0.3 is 198 Å². The number of unbranched alkanes of at least 4 members (excludes halogenated alkanes) is 10. The van der Waals surface area contributed by atoms with Crippen LogP contribution in [0.4, 0.5) is 26.3 Å². The van der Waals surface area contributed by atoms with Crippen LogP contribution in [0.2, 0.25) is 8.87 Å². The van der Waals surface area contributed by atoms with Gasteiger partial charge in [-0.25, -0.2) is 0 Å². The third kappa shape index (κ3) is 12.6. The van der Waals surface area contributed by atoms with Gasteiger partial charge in [0.05, 0.1) is 0 Å². The van der Waals surface area contributed by atoms with E-state index in [0.29, 0.717) is 25.7 Å². The molecule has 0 fully saturated rings. The Labute approximate surface area is 198 Å². The normalized spacial score (nSPS) is 14.1. The molecule has 0 aromatic rings. The van der Waals surface area contributed by atoms with E-state index in [0.717, 1.165) is 38.5 Å². The predicted molar refractivity (Wildman–Crippen MR) is 114 cm³/mol. The average molecular weight is 643 g/mol. The first-order valence-corrected chi connectivity index (χ1v) is 20.3. The SMILES string of the molecule is CCCCCCC[CH2][Sn]([CH2]CCCCCCC)([O]S(=O)(=O)C(F)(F)F)[O]S(=O)(=O)C(F)(F)F. The van der Waals surface area contributed by atoms with Gasteiger partial charge in [0, 0.05) is 0 Å². The first-order valence-electron chi connectivity index (χ1n) is 11.1. The van der Waals surface area contributed by atoms with Crippen molar-refractivity contribution in [2.45, 2.75) is 111 Å². The summed E-state index contributed by atoms with van der Waals surface area (Å²) in [5.41, 5.74) is -11.8. The monoisotopic (exact) mass is 644 g/mol. The second-order valence-corrected chi connectivity index (χ2v) is 21.9. The molecule has 6 nitrogen and oxygen atoms in total. The van der Waals surface area contributed by atoms with E-state index in [1.54, 1.807) is 0 Å². The van der Waals surface area contributed by atoms with Crippen LogP contribution in [-0.2, 0) is 25.3 Å². The van der Waals surface area contributed by atoms with Gasteiger partial charge < -0.3 is 0 Å². The number of halogens is 6. The van der Waals surface area contributed by atoms with Gasteiger partial charge in [-0.2, -0.15) is 0 Å². The van der Waals surface area contributed by atoms with E-state index in [1.807, 2.05) is 13.8 Å². The number of hydrogen-bond acceptors (Lipinski definition) is 6. The standard InChI is InChI=1S/2C8H17.2CHF3O3S.Sn/c2*1-3-5-7-8-6-4-2;2*2-1(3,4)8(5,6)7;/h2*1,3-8H2,2H3;2*(H,5,6,7);/q;;;;+2/p-2. The van der Waals surface area contributed by atoms with E-state index in [2.05, 4.69) is 5.04 Å². The fraction of sp³-hybridized carbons (Fsp3) is 1.00. The summed E-state index contributed by atoms with van der Waals surface area (Å²) in [6.45, 7) is 3.90. The van der Waals surface area contributed by atoms with Gasteiger partial charge in [0.1, 0.15) is 0 Å². The molecule has 0 aliphatic carbocycles. The number of rotatable bonds is 18. The van der Waals surface area contributed by atoms with Gasteiger partial charge in [0.25, 0.3) is 0 Å². The molecule has 0 aromatic carbocycles. The van der Waals surface area contributed by atoms with Gasteiger partial charge in [-0.05, 0) is 0 Å².